The number of hydrogen-bond donors (Lipinski definition) is 0. The molecule has 1 aromatic carbocycles. The van der Waals surface area contributed by atoms with Gasteiger partial charge in [0.05, 0.1) is 5.25 Å². The van der Waals surface area contributed by atoms with Gasteiger partial charge in [0.1, 0.15) is 0 Å². The quantitative estimate of drug-likeness (QED) is 0.778. The minimum atomic E-state index is -3.05. The number of carbonyl (C=O) groups is 1. The van der Waals surface area contributed by atoms with Crippen molar-refractivity contribution in [2.75, 3.05) is 19.3 Å². The van der Waals surface area contributed by atoms with E-state index in [1.807, 2.05) is 0 Å². The van der Waals surface area contributed by atoms with Gasteiger partial charge >= 0.3 is 0 Å². The molecule has 28 heavy (non-hydrogen) atoms. The molecule has 1 aliphatic heterocycles. The van der Waals surface area contributed by atoms with Crippen LogP contribution in [0.5, 0.6) is 0 Å². The van der Waals surface area contributed by atoms with Crippen molar-refractivity contribution in [3.05, 3.63) is 35.9 Å². The minimum absolute atomic E-state index is 0.0539. The van der Waals surface area contributed by atoms with Crippen LogP contribution < -0.4 is 0 Å². The van der Waals surface area contributed by atoms with Crippen molar-refractivity contribution in [3.63, 3.8) is 0 Å². The molecule has 0 unspecified atom stereocenters. The van der Waals surface area contributed by atoms with Gasteiger partial charge in [0.25, 0.3) is 0 Å². The van der Waals surface area contributed by atoms with Crippen LogP contribution in [0, 0.1) is 29.6 Å². The zero-order chi connectivity index (χ0) is 19.7. The van der Waals surface area contributed by atoms with Crippen molar-refractivity contribution >= 4 is 15.7 Å². The first-order valence-electron chi connectivity index (χ1n) is 10.8. The Morgan fingerprint density at radius 2 is 1.57 bits per heavy atom. The summed E-state index contributed by atoms with van der Waals surface area (Å²) in [7, 11) is -3.05. The third-order valence-corrected chi connectivity index (χ3v) is 10.4. The molecule has 4 saturated carbocycles. The molecule has 0 aromatic heterocycles. The van der Waals surface area contributed by atoms with E-state index in [0.29, 0.717) is 31.3 Å². The second-order valence-corrected chi connectivity index (χ2v) is 12.4. The molecule has 152 valence electrons. The summed E-state index contributed by atoms with van der Waals surface area (Å²) in [5.74, 6) is 3.82. The van der Waals surface area contributed by atoms with E-state index in [2.05, 4.69) is 37.3 Å². The van der Waals surface area contributed by atoms with E-state index in [0.717, 1.165) is 17.8 Å². The number of sulfone groups is 1. The fourth-order valence-electron chi connectivity index (χ4n) is 7.15. The van der Waals surface area contributed by atoms with E-state index >= 15 is 0 Å². The standard InChI is InChI=1S/C23H31NO3S/c1-15-16-8-19-10-17(15)11-20(9-16)23(19,18-6-4-3-5-7-18)12-22(25)24-13-21(14-24)28(2,26)27/h3-7,15-17,19-21H,8-14H2,1-2H3. The molecule has 1 heterocycles. The number of hydrogen-bond acceptors (Lipinski definition) is 3. The Morgan fingerprint density at radius 1 is 1.04 bits per heavy atom. The molecule has 6 rings (SSSR count). The highest BCUT2D eigenvalue weighted by Gasteiger charge is 2.60. The first-order valence-corrected chi connectivity index (χ1v) is 12.8. The molecule has 4 aliphatic carbocycles. The van der Waals surface area contributed by atoms with Crippen LogP contribution in [0.3, 0.4) is 0 Å². The van der Waals surface area contributed by atoms with Gasteiger partial charge < -0.3 is 4.90 Å². The van der Waals surface area contributed by atoms with E-state index in [-0.39, 0.29) is 16.6 Å². The highest BCUT2D eigenvalue weighted by Crippen LogP contribution is 2.65. The molecular weight excluding hydrogens is 370 g/mol. The maximum absolute atomic E-state index is 13.3. The molecule has 0 radical (unpaired) electrons. The predicted octanol–water partition coefficient (Wildman–Crippen LogP) is 3.27. The molecule has 1 saturated heterocycles. The molecule has 5 aliphatic rings. The van der Waals surface area contributed by atoms with Crippen molar-refractivity contribution < 1.29 is 13.2 Å². The third-order valence-electron chi connectivity index (χ3n) is 8.85. The van der Waals surface area contributed by atoms with Crippen molar-refractivity contribution in [2.24, 2.45) is 29.6 Å². The van der Waals surface area contributed by atoms with Crippen LogP contribution in [-0.2, 0) is 20.0 Å². The Labute approximate surface area is 168 Å². The van der Waals surface area contributed by atoms with E-state index in [4.69, 9.17) is 0 Å². The summed E-state index contributed by atoms with van der Waals surface area (Å²) in [6.07, 6.45) is 6.84. The lowest BCUT2D eigenvalue weighted by molar-refractivity contribution is -0.145. The molecule has 1 aromatic rings. The van der Waals surface area contributed by atoms with Gasteiger partial charge in [-0.1, -0.05) is 37.3 Å². The zero-order valence-corrected chi connectivity index (χ0v) is 17.7. The van der Waals surface area contributed by atoms with Crippen molar-refractivity contribution in [1.29, 1.82) is 0 Å². The number of likely N-dealkylation sites (tertiary alicyclic amines) is 1. The molecule has 0 N–H and O–H groups in total. The number of carbonyl (C=O) groups excluding carboxylic acids is 1. The van der Waals surface area contributed by atoms with Crippen LogP contribution in [0.1, 0.15) is 44.6 Å². The normalized spacial score (nSPS) is 39.8. The smallest absolute Gasteiger partial charge is 0.223 e. The summed E-state index contributed by atoms with van der Waals surface area (Å²) in [5, 5.41) is -0.372. The fraction of sp³-hybridized carbons (Fsp3) is 0.696. The van der Waals surface area contributed by atoms with Crippen molar-refractivity contribution in [1.82, 2.24) is 4.90 Å². The lowest BCUT2D eigenvalue weighted by Gasteiger charge is -2.64. The molecule has 4 nitrogen and oxygen atoms in total. The van der Waals surface area contributed by atoms with Gasteiger partial charge in [0.2, 0.25) is 5.91 Å². The molecular formula is C23H31NO3S. The Balaban J connectivity index is 1.44. The van der Waals surface area contributed by atoms with Crippen molar-refractivity contribution in [3.8, 4) is 0 Å². The van der Waals surface area contributed by atoms with E-state index in [1.165, 1.54) is 37.5 Å². The molecule has 5 heteroatoms. The van der Waals surface area contributed by atoms with Gasteiger partial charge in [-0.25, -0.2) is 8.42 Å². The number of rotatable bonds is 4. The second-order valence-electron chi connectivity index (χ2n) is 10.0. The van der Waals surface area contributed by atoms with Crippen LogP contribution in [0.15, 0.2) is 30.3 Å². The zero-order valence-electron chi connectivity index (χ0n) is 16.9. The summed E-state index contributed by atoms with van der Waals surface area (Å²) >= 11 is 0. The van der Waals surface area contributed by atoms with Crippen LogP contribution in [0.4, 0.5) is 0 Å². The van der Waals surface area contributed by atoms with Gasteiger partial charge in [-0.2, -0.15) is 0 Å². The fourth-order valence-corrected chi connectivity index (χ4v) is 8.05. The Hall–Kier alpha value is -1.36. The van der Waals surface area contributed by atoms with Crippen LogP contribution >= 0.6 is 0 Å². The maximum Gasteiger partial charge on any atom is 0.223 e. The van der Waals surface area contributed by atoms with E-state index in [9.17, 15) is 13.2 Å². The summed E-state index contributed by atoms with van der Waals surface area (Å²) in [6.45, 7) is 3.19. The summed E-state index contributed by atoms with van der Waals surface area (Å²) in [4.78, 5) is 15.0. The lowest BCUT2D eigenvalue weighted by atomic mass is 9.41. The highest BCUT2D eigenvalue weighted by atomic mass is 32.2. The summed E-state index contributed by atoms with van der Waals surface area (Å²) < 4.78 is 23.5. The Bertz CT molecular complexity index is 842. The number of nitrogens with zero attached hydrogens (tertiary/aromatic N) is 1. The van der Waals surface area contributed by atoms with Gasteiger partial charge in [0, 0.05) is 31.2 Å². The summed E-state index contributed by atoms with van der Waals surface area (Å²) in [5.41, 5.74) is 1.28. The average Bonchev–Trinajstić information content (AvgIpc) is 2.58. The van der Waals surface area contributed by atoms with E-state index < -0.39 is 9.84 Å². The predicted molar refractivity (Wildman–Crippen MR) is 110 cm³/mol. The molecule has 1 amide bonds. The SMILES string of the molecule is CC1C2CC3CC1CC(C2)C3(CC(=O)N1CC(S(C)(=O)=O)C1)c1ccccc1. The topological polar surface area (TPSA) is 54.5 Å². The van der Waals surface area contributed by atoms with Gasteiger partial charge in [0.15, 0.2) is 9.84 Å². The third kappa shape index (κ3) is 2.68. The van der Waals surface area contributed by atoms with Gasteiger partial charge in [-0.3, -0.25) is 4.79 Å². The summed E-state index contributed by atoms with van der Waals surface area (Å²) in [6, 6.07) is 10.7. The first-order chi connectivity index (χ1) is 13.3. The van der Waals surface area contributed by atoms with Gasteiger partial charge in [-0.05, 0) is 60.8 Å². The highest BCUT2D eigenvalue weighted by molar-refractivity contribution is 7.91. The Kier molecular flexibility index (Phi) is 4.21. The molecule has 0 atom stereocenters. The first kappa shape index (κ1) is 18.7. The van der Waals surface area contributed by atoms with E-state index in [1.54, 1.807) is 4.90 Å². The van der Waals surface area contributed by atoms with Crippen molar-refractivity contribution in [2.45, 2.75) is 49.7 Å². The largest absolute Gasteiger partial charge is 0.340 e. The van der Waals surface area contributed by atoms with Crippen LogP contribution in [-0.4, -0.2) is 43.8 Å². The van der Waals surface area contributed by atoms with Gasteiger partial charge in [-0.15, -0.1) is 0 Å². The maximum atomic E-state index is 13.3. The Morgan fingerprint density at radius 3 is 2.07 bits per heavy atom. The monoisotopic (exact) mass is 401 g/mol. The molecule has 0 spiro atoms. The second kappa shape index (κ2) is 6.32. The van der Waals surface area contributed by atoms with Crippen LogP contribution in [0.2, 0.25) is 0 Å². The minimum Gasteiger partial charge on any atom is -0.340 e. The lowest BCUT2D eigenvalue weighted by Crippen LogP contribution is -2.62. The molecule has 4 bridgehead atoms. The molecule has 5 fully saturated rings. The van der Waals surface area contributed by atoms with Crippen LogP contribution in [0.25, 0.3) is 0 Å². The number of amides is 1. The average molecular weight is 402 g/mol. The number of benzene rings is 1.